The Kier molecular flexibility index (Phi) is 6.64. The molecule has 0 amide bonds. The maximum atomic E-state index is 13.1. The van der Waals surface area contributed by atoms with E-state index in [0.717, 1.165) is 24.6 Å². The summed E-state index contributed by atoms with van der Waals surface area (Å²) in [5, 5.41) is 8.21. The number of benzene rings is 1. The molecular weight excluding hydrogens is 393 g/mol. The van der Waals surface area contributed by atoms with Gasteiger partial charge in [-0.05, 0) is 42.0 Å². The molecule has 0 saturated heterocycles. The van der Waals surface area contributed by atoms with E-state index < -0.39 is 11.7 Å². The molecule has 8 heteroatoms. The second-order valence-electron chi connectivity index (χ2n) is 7.66. The van der Waals surface area contributed by atoms with Gasteiger partial charge in [0.15, 0.2) is 5.82 Å². The van der Waals surface area contributed by atoms with Gasteiger partial charge in [-0.15, -0.1) is 5.10 Å². The first-order valence-electron chi connectivity index (χ1n) is 9.75. The lowest BCUT2D eigenvalue weighted by Crippen LogP contribution is -2.14. The summed E-state index contributed by atoms with van der Waals surface area (Å²) in [6.45, 7) is 4.29. The first-order valence-corrected chi connectivity index (χ1v) is 9.75. The topological polar surface area (TPSA) is 60.7 Å². The minimum absolute atomic E-state index is 0.0104. The maximum Gasteiger partial charge on any atom is 0.416 e. The monoisotopic (exact) mass is 416 g/mol. The number of hydrogen-bond donors (Lipinski definition) is 0. The molecule has 1 aromatic carbocycles. The zero-order valence-electron chi connectivity index (χ0n) is 16.9. The average Bonchev–Trinajstić information content (AvgIpc) is 3.15. The van der Waals surface area contributed by atoms with Crippen molar-refractivity contribution < 1.29 is 18.0 Å². The first kappa shape index (κ1) is 21.7. The molecular formula is C22H23F3N4O. The van der Waals surface area contributed by atoms with Crippen molar-refractivity contribution in [3.05, 3.63) is 71.2 Å². The van der Waals surface area contributed by atoms with Gasteiger partial charge in [0.25, 0.3) is 0 Å². The first-order chi connectivity index (χ1) is 14.2. The molecule has 2 aromatic heterocycles. The molecule has 5 nitrogen and oxygen atoms in total. The van der Waals surface area contributed by atoms with Gasteiger partial charge in [0.1, 0.15) is 5.78 Å². The van der Waals surface area contributed by atoms with Gasteiger partial charge in [-0.3, -0.25) is 4.79 Å². The summed E-state index contributed by atoms with van der Waals surface area (Å²) >= 11 is 0. The number of nitrogens with zero attached hydrogens (tertiary/aromatic N) is 4. The Balaban J connectivity index is 1.63. The van der Waals surface area contributed by atoms with Crippen LogP contribution in [0.25, 0.3) is 5.82 Å². The van der Waals surface area contributed by atoms with Crippen LogP contribution in [-0.2, 0) is 30.2 Å². The number of aryl methyl sites for hydroxylation is 1. The molecule has 0 unspecified atom stereocenters. The number of pyridine rings is 1. The van der Waals surface area contributed by atoms with Crippen LogP contribution in [0.5, 0.6) is 0 Å². The smallest absolute Gasteiger partial charge is 0.299 e. The van der Waals surface area contributed by atoms with Crippen molar-refractivity contribution >= 4 is 5.78 Å². The van der Waals surface area contributed by atoms with Crippen molar-refractivity contribution in [3.8, 4) is 5.82 Å². The Labute approximate surface area is 173 Å². The van der Waals surface area contributed by atoms with Gasteiger partial charge in [0.2, 0.25) is 0 Å². The molecule has 0 fully saturated rings. The highest BCUT2D eigenvalue weighted by molar-refractivity contribution is 5.83. The number of carbonyl (C=O) groups excluding carboxylic acids is 1. The van der Waals surface area contributed by atoms with E-state index in [0.29, 0.717) is 17.3 Å². The summed E-state index contributed by atoms with van der Waals surface area (Å²) in [5.74, 6) is 0.836. The van der Waals surface area contributed by atoms with Gasteiger partial charge in [-0.25, -0.2) is 9.67 Å². The molecule has 0 N–H and O–H groups in total. The van der Waals surface area contributed by atoms with Gasteiger partial charge in [-0.2, -0.15) is 13.2 Å². The summed E-state index contributed by atoms with van der Waals surface area (Å²) in [4.78, 5) is 16.6. The number of Topliss-reactive ketones (excluding diaryl/α,β-unsaturated/α-hetero) is 1. The fourth-order valence-electron chi connectivity index (χ4n) is 3.07. The second-order valence-corrected chi connectivity index (χ2v) is 7.66. The van der Waals surface area contributed by atoms with Gasteiger partial charge in [0, 0.05) is 19.0 Å². The molecule has 0 atom stereocenters. The molecule has 2 heterocycles. The summed E-state index contributed by atoms with van der Waals surface area (Å²) < 4.78 is 40.8. The number of rotatable bonds is 8. The van der Waals surface area contributed by atoms with Gasteiger partial charge >= 0.3 is 6.18 Å². The van der Waals surface area contributed by atoms with E-state index in [2.05, 4.69) is 29.1 Å². The van der Waals surface area contributed by atoms with E-state index in [1.165, 1.54) is 18.2 Å². The standard InChI is InChI=1S/C22H23F3N4O/c1-15(2)7-9-18-14-29(28-27-18)21-10-8-16(13-26-21)11-19(30)12-17-5-3-4-6-20(17)22(23,24)25/h3-6,8,10,13-15H,7,9,11-12H2,1-2H3. The molecule has 0 aliphatic rings. The maximum absolute atomic E-state index is 13.1. The van der Waals surface area contributed by atoms with Crippen LogP contribution in [0.2, 0.25) is 0 Å². The lowest BCUT2D eigenvalue weighted by atomic mass is 9.99. The van der Waals surface area contributed by atoms with Crippen LogP contribution in [-0.4, -0.2) is 25.8 Å². The number of alkyl halides is 3. The molecule has 0 bridgehead atoms. The largest absolute Gasteiger partial charge is 0.416 e. The number of aromatic nitrogens is 4. The SMILES string of the molecule is CC(C)CCc1cn(-c2ccc(CC(=O)Cc3ccccc3C(F)(F)F)cn2)nn1. The van der Waals surface area contributed by atoms with Crippen LogP contribution >= 0.6 is 0 Å². The molecule has 30 heavy (non-hydrogen) atoms. The zero-order chi connectivity index (χ0) is 21.7. The van der Waals surface area contributed by atoms with Crippen molar-refractivity contribution in [2.45, 2.75) is 45.7 Å². The second kappa shape index (κ2) is 9.19. The van der Waals surface area contributed by atoms with E-state index in [9.17, 15) is 18.0 Å². The van der Waals surface area contributed by atoms with E-state index in [1.54, 1.807) is 23.0 Å². The predicted octanol–water partition coefficient (Wildman–Crippen LogP) is 4.62. The Morgan fingerprint density at radius 2 is 1.87 bits per heavy atom. The molecule has 3 aromatic rings. The molecule has 0 saturated carbocycles. The number of carbonyl (C=O) groups is 1. The highest BCUT2D eigenvalue weighted by Gasteiger charge is 2.33. The highest BCUT2D eigenvalue weighted by Crippen LogP contribution is 2.32. The summed E-state index contributed by atoms with van der Waals surface area (Å²) in [5.41, 5.74) is 0.726. The zero-order valence-corrected chi connectivity index (χ0v) is 16.9. The summed E-state index contributed by atoms with van der Waals surface area (Å²) in [7, 11) is 0. The molecule has 0 radical (unpaired) electrons. The number of hydrogen-bond acceptors (Lipinski definition) is 4. The van der Waals surface area contributed by atoms with E-state index >= 15 is 0 Å². The summed E-state index contributed by atoms with van der Waals surface area (Å²) in [6, 6.07) is 8.59. The third-order valence-corrected chi connectivity index (χ3v) is 4.67. The number of ketones is 1. The molecule has 0 aliphatic heterocycles. The van der Waals surface area contributed by atoms with Crippen LogP contribution < -0.4 is 0 Å². The number of halogens is 3. The van der Waals surface area contributed by atoms with Crippen LogP contribution in [0.1, 0.15) is 42.7 Å². The van der Waals surface area contributed by atoms with Crippen molar-refractivity contribution in [2.75, 3.05) is 0 Å². The van der Waals surface area contributed by atoms with Crippen LogP contribution in [0.15, 0.2) is 48.8 Å². The highest BCUT2D eigenvalue weighted by atomic mass is 19.4. The predicted molar refractivity (Wildman–Crippen MR) is 106 cm³/mol. The van der Waals surface area contributed by atoms with Crippen molar-refractivity contribution in [2.24, 2.45) is 5.92 Å². The van der Waals surface area contributed by atoms with E-state index in [-0.39, 0.29) is 24.2 Å². The van der Waals surface area contributed by atoms with Gasteiger partial charge in [0.05, 0.1) is 17.5 Å². The third kappa shape index (κ3) is 5.75. The normalized spacial score (nSPS) is 11.8. The fraction of sp³-hybridized carbons (Fsp3) is 0.364. The Hall–Kier alpha value is -3.03. The third-order valence-electron chi connectivity index (χ3n) is 4.67. The van der Waals surface area contributed by atoms with Gasteiger partial charge in [-0.1, -0.05) is 43.3 Å². The Morgan fingerprint density at radius 3 is 2.53 bits per heavy atom. The molecule has 0 spiro atoms. The van der Waals surface area contributed by atoms with E-state index in [1.807, 2.05) is 6.20 Å². The van der Waals surface area contributed by atoms with E-state index in [4.69, 9.17) is 0 Å². The Morgan fingerprint density at radius 1 is 1.10 bits per heavy atom. The van der Waals surface area contributed by atoms with Crippen molar-refractivity contribution in [1.82, 2.24) is 20.0 Å². The average molecular weight is 416 g/mol. The quantitative estimate of drug-likeness (QED) is 0.537. The van der Waals surface area contributed by atoms with Gasteiger partial charge < -0.3 is 0 Å². The van der Waals surface area contributed by atoms with Crippen LogP contribution in [0, 0.1) is 5.92 Å². The van der Waals surface area contributed by atoms with Crippen molar-refractivity contribution in [3.63, 3.8) is 0 Å². The lowest BCUT2D eigenvalue weighted by molar-refractivity contribution is -0.138. The summed E-state index contributed by atoms with van der Waals surface area (Å²) in [6.07, 6.45) is 0.471. The van der Waals surface area contributed by atoms with Crippen molar-refractivity contribution in [1.29, 1.82) is 0 Å². The van der Waals surface area contributed by atoms with Crippen LogP contribution in [0.3, 0.4) is 0 Å². The minimum Gasteiger partial charge on any atom is -0.299 e. The van der Waals surface area contributed by atoms with Crippen LogP contribution in [0.4, 0.5) is 13.2 Å². The Bertz CT molecular complexity index is 994. The molecule has 3 rings (SSSR count). The minimum atomic E-state index is -4.48. The fourth-order valence-corrected chi connectivity index (χ4v) is 3.07. The molecule has 158 valence electrons. The molecule has 0 aliphatic carbocycles. The lowest BCUT2D eigenvalue weighted by Gasteiger charge is -2.12.